The Balaban J connectivity index is 1.80. The molecule has 6 heteroatoms. The first-order valence-corrected chi connectivity index (χ1v) is 9.36. The average molecular weight is 382 g/mol. The molecule has 0 radical (unpaired) electrons. The summed E-state index contributed by atoms with van der Waals surface area (Å²) in [6, 6.07) is 13.5. The first-order chi connectivity index (χ1) is 13.0. The topological polar surface area (TPSA) is 60.5 Å². The highest BCUT2D eigenvalue weighted by molar-refractivity contribution is 7.12. The Morgan fingerprint density at radius 3 is 2.26 bits per heavy atom. The summed E-state index contributed by atoms with van der Waals surface area (Å²) in [5, 5.41) is 3.86. The zero-order valence-corrected chi connectivity index (χ0v) is 16.6. The van der Waals surface area contributed by atoms with Crippen molar-refractivity contribution in [1.29, 1.82) is 0 Å². The lowest BCUT2D eigenvalue weighted by molar-refractivity contribution is -0.115. The van der Waals surface area contributed by atoms with Crippen LogP contribution in [0.15, 0.2) is 42.5 Å². The van der Waals surface area contributed by atoms with Gasteiger partial charge in [-0.25, -0.2) is 4.98 Å². The van der Waals surface area contributed by atoms with Gasteiger partial charge in [-0.15, -0.1) is 11.3 Å². The number of thiazole rings is 1. The van der Waals surface area contributed by atoms with Crippen LogP contribution >= 0.6 is 11.3 Å². The summed E-state index contributed by atoms with van der Waals surface area (Å²) in [5.74, 6) is 1.14. The van der Waals surface area contributed by atoms with Gasteiger partial charge in [-0.05, 0) is 13.8 Å². The van der Waals surface area contributed by atoms with Gasteiger partial charge in [-0.3, -0.25) is 4.79 Å². The van der Waals surface area contributed by atoms with Gasteiger partial charge in [0, 0.05) is 34.3 Å². The zero-order valence-electron chi connectivity index (χ0n) is 15.8. The minimum absolute atomic E-state index is 0.109. The van der Waals surface area contributed by atoms with Gasteiger partial charge < -0.3 is 14.8 Å². The Morgan fingerprint density at radius 2 is 1.67 bits per heavy atom. The highest BCUT2D eigenvalue weighted by Crippen LogP contribution is 2.30. The van der Waals surface area contributed by atoms with Crippen molar-refractivity contribution in [2.75, 3.05) is 19.5 Å². The minimum Gasteiger partial charge on any atom is -0.497 e. The molecule has 0 bridgehead atoms. The molecule has 2 aromatic carbocycles. The Morgan fingerprint density at radius 1 is 1.04 bits per heavy atom. The molecule has 140 valence electrons. The van der Waals surface area contributed by atoms with Crippen molar-refractivity contribution < 1.29 is 14.3 Å². The van der Waals surface area contributed by atoms with E-state index in [9.17, 15) is 4.79 Å². The predicted octanol–water partition coefficient (Wildman–Crippen LogP) is 4.63. The van der Waals surface area contributed by atoms with E-state index in [0.717, 1.165) is 21.1 Å². The number of nitrogens with zero attached hydrogens (tertiary/aromatic N) is 1. The van der Waals surface area contributed by atoms with Crippen molar-refractivity contribution in [3.05, 3.63) is 57.9 Å². The number of nitrogens with one attached hydrogen (secondary N) is 1. The number of benzene rings is 2. The second-order valence-corrected chi connectivity index (χ2v) is 7.48. The van der Waals surface area contributed by atoms with E-state index >= 15 is 0 Å². The molecule has 0 spiro atoms. The number of hydrogen-bond donors (Lipinski definition) is 1. The fraction of sp³-hybridized carbons (Fsp3) is 0.238. The fourth-order valence-corrected chi connectivity index (χ4v) is 3.71. The van der Waals surface area contributed by atoms with Crippen molar-refractivity contribution in [2.45, 2.75) is 20.3 Å². The number of amides is 1. The lowest BCUT2D eigenvalue weighted by Gasteiger charge is -2.10. The molecule has 0 unspecified atom stereocenters. The van der Waals surface area contributed by atoms with Crippen LogP contribution in [0.1, 0.15) is 15.4 Å². The number of aryl methyl sites for hydroxylation is 2. The number of hydrogen-bond acceptors (Lipinski definition) is 5. The number of aromatic nitrogens is 1. The highest BCUT2D eigenvalue weighted by atomic mass is 32.1. The number of rotatable bonds is 6. The van der Waals surface area contributed by atoms with Crippen LogP contribution in [0.2, 0.25) is 0 Å². The summed E-state index contributed by atoms with van der Waals surface area (Å²) in [5.41, 5.74) is 3.72. The van der Waals surface area contributed by atoms with Gasteiger partial charge in [0.15, 0.2) is 0 Å². The third-order valence-electron chi connectivity index (χ3n) is 4.09. The normalized spacial score (nSPS) is 10.5. The zero-order chi connectivity index (χ0) is 19.4. The van der Waals surface area contributed by atoms with Crippen molar-refractivity contribution in [3.63, 3.8) is 0 Å². The van der Waals surface area contributed by atoms with Gasteiger partial charge in [0.05, 0.1) is 31.3 Å². The summed E-state index contributed by atoms with van der Waals surface area (Å²) >= 11 is 1.55. The number of carbonyl (C=O) groups is 1. The van der Waals surface area contributed by atoms with Crippen molar-refractivity contribution >= 4 is 22.9 Å². The van der Waals surface area contributed by atoms with Gasteiger partial charge in [0.25, 0.3) is 0 Å². The second kappa shape index (κ2) is 8.22. The van der Waals surface area contributed by atoms with Crippen molar-refractivity contribution in [1.82, 2.24) is 4.98 Å². The lowest BCUT2D eigenvalue weighted by Crippen LogP contribution is -2.14. The van der Waals surface area contributed by atoms with E-state index in [1.807, 2.05) is 26.0 Å². The molecule has 0 fully saturated rings. The molecular weight excluding hydrogens is 360 g/mol. The molecular formula is C21H22N2O3S. The quantitative estimate of drug-likeness (QED) is 0.675. The highest BCUT2D eigenvalue weighted by Gasteiger charge is 2.15. The summed E-state index contributed by atoms with van der Waals surface area (Å²) < 4.78 is 10.5. The molecule has 3 aromatic rings. The standard InChI is InChI=1S/C21H22N2O3S/c1-13-5-7-15(8-6-13)21-19(27-14(2)22-21)12-20(24)23-16-9-17(25-3)11-18(10-16)26-4/h5-11H,12H2,1-4H3,(H,23,24). The van der Waals surface area contributed by atoms with Gasteiger partial charge in [-0.1, -0.05) is 29.8 Å². The first kappa shape index (κ1) is 18.9. The maximum atomic E-state index is 12.6. The van der Waals surface area contributed by atoms with E-state index in [2.05, 4.69) is 22.4 Å². The molecule has 0 aliphatic carbocycles. The van der Waals surface area contributed by atoms with Crippen LogP contribution in [0.25, 0.3) is 11.3 Å². The third-order valence-corrected chi connectivity index (χ3v) is 5.06. The summed E-state index contributed by atoms with van der Waals surface area (Å²) in [4.78, 5) is 18.2. The number of methoxy groups -OCH3 is 2. The van der Waals surface area contributed by atoms with E-state index in [-0.39, 0.29) is 12.3 Å². The molecule has 0 atom stereocenters. The van der Waals surface area contributed by atoms with Gasteiger partial charge in [0.1, 0.15) is 11.5 Å². The largest absolute Gasteiger partial charge is 0.497 e. The molecule has 5 nitrogen and oxygen atoms in total. The molecule has 3 rings (SSSR count). The molecule has 27 heavy (non-hydrogen) atoms. The monoisotopic (exact) mass is 382 g/mol. The van der Waals surface area contributed by atoms with E-state index < -0.39 is 0 Å². The van der Waals surface area contributed by atoms with Gasteiger partial charge in [0.2, 0.25) is 5.91 Å². The smallest absolute Gasteiger partial charge is 0.229 e. The molecule has 0 aliphatic rings. The summed E-state index contributed by atoms with van der Waals surface area (Å²) in [6.07, 6.45) is 0.258. The summed E-state index contributed by atoms with van der Waals surface area (Å²) in [6.45, 7) is 4.00. The Kier molecular flexibility index (Phi) is 5.76. The minimum atomic E-state index is -0.109. The van der Waals surface area contributed by atoms with E-state index in [1.165, 1.54) is 5.56 Å². The number of ether oxygens (including phenoxy) is 2. The molecule has 1 heterocycles. The molecule has 0 aliphatic heterocycles. The van der Waals surface area contributed by atoms with E-state index in [1.54, 1.807) is 43.8 Å². The van der Waals surface area contributed by atoms with E-state index in [4.69, 9.17) is 9.47 Å². The Bertz CT molecular complexity index is 926. The Hall–Kier alpha value is -2.86. The predicted molar refractivity (Wildman–Crippen MR) is 109 cm³/mol. The molecule has 1 aromatic heterocycles. The lowest BCUT2D eigenvalue weighted by atomic mass is 10.1. The molecule has 1 amide bonds. The van der Waals surface area contributed by atoms with Crippen LogP contribution < -0.4 is 14.8 Å². The van der Waals surface area contributed by atoms with Crippen LogP contribution in [0.4, 0.5) is 5.69 Å². The van der Waals surface area contributed by atoms with Gasteiger partial charge >= 0.3 is 0 Å². The first-order valence-electron chi connectivity index (χ1n) is 8.54. The second-order valence-electron chi connectivity index (χ2n) is 6.20. The van der Waals surface area contributed by atoms with Crippen LogP contribution in [-0.2, 0) is 11.2 Å². The van der Waals surface area contributed by atoms with Crippen molar-refractivity contribution in [2.24, 2.45) is 0 Å². The average Bonchev–Trinajstić information content (AvgIpc) is 3.01. The number of carbonyl (C=O) groups excluding carboxylic acids is 1. The van der Waals surface area contributed by atoms with Crippen molar-refractivity contribution in [3.8, 4) is 22.8 Å². The summed E-state index contributed by atoms with van der Waals surface area (Å²) in [7, 11) is 3.16. The molecule has 0 saturated carbocycles. The van der Waals surface area contributed by atoms with Crippen LogP contribution in [0.3, 0.4) is 0 Å². The Labute approximate surface area is 163 Å². The maximum Gasteiger partial charge on any atom is 0.229 e. The fourth-order valence-electron chi connectivity index (χ4n) is 2.76. The van der Waals surface area contributed by atoms with Crippen LogP contribution in [0, 0.1) is 13.8 Å². The molecule has 0 saturated heterocycles. The SMILES string of the molecule is COc1cc(NC(=O)Cc2sc(C)nc2-c2ccc(C)cc2)cc(OC)c1. The van der Waals surface area contributed by atoms with Crippen LogP contribution in [0.5, 0.6) is 11.5 Å². The molecule has 1 N–H and O–H groups in total. The number of anilines is 1. The van der Waals surface area contributed by atoms with Crippen LogP contribution in [-0.4, -0.2) is 25.1 Å². The van der Waals surface area contributed by atoms with E-state index in [0.29, 0.717) is 17.2 Å². The maximum absolute atomic E-state index is 12.6. The van der Waals surface area contributed by atoms with Gasteiger partial charge in [-0.2, -0.15) is 0 Å². The third kappa shape index (κ3) is 4.65.